The van der Waals surface area contributed by atoms with Crippen LogP contribution in [-0.4, -0.2) is 19.0 Å². The maximum absolute atomic E-state index is 13.2. The van der Waals surface area contributed by atoms with Crippen molar-refractivity contribution in [1.29, 1.82) is 0 Å². The minimum absolute atomic E-state index is 0.234. The summed E-state index contributed by atoms with van der Waals surface area (Å²) in [7, 11) is 1.29. The SMILES string of the molecule is CCc1ccc(N2C(=O)/C(=C\c3ccc(Cl)c(Cl)c3)C(C(=O)OC)=C2C)cc1. The molecule has 1 heterocycles. The fourth-order valence-corrected chi connectivity index (χ4v) is 3.45. The van der Waals surface area contributed by atoms with E-state index < -0.39 is 5.97 Å². The van der Waals surface area contributed by atoms with Crippen LogP contribution in [0.15, 0.2) is 59.3 Å². The minimum atomic E-state index is -0.565. The third-order valence-corrected chi connectivity index (χ3v) is 5.39. The highest BCUT2D eigenvalue weighted by atomic mass is 35.5. The van der Waals surface area contributed by atoms with Crippen molar-refractivity contribution in [2.45, 2.75) is 20.3 Å². The number of benzene rings is 2. The lowest BCUT2D eigenvalue weighted by atomic mass is 10.0. The van der Waals surface area contributed by atoms with Gasteiger partial charge in [0.05, 0.1) is 28.3 Å². The number of anilines is 1. The van der Waals surface area contributed by atoms with E-state index >= 15 is 0 Å². The molecule has 0 aliphatic carbocycles. The van der Waals surface area contributed by atoms with Gasteiger partial charge < -0.3 is 4.74 Å². The van der Waals surface area contributed by atoms with Crippen LogP contribution in [0, 0.1) is 0 Å². The Kier molecular flexibility index (Phi) is 5.92. The molecular weight excluding hydrogens is 397 g/mol. The number of carbonyl (C=O) groups is 2. The van der Waals surface area contributed by atoms with E-state index in [0.29, 0.717) is 27.0 Å². The van der Waals surface area contributed by atoms with Gasteiger partial charge in [0.15, 0.2) is 0 Å². The molecule has 0 radical (unpaired) electrons. The standard InChI is InChI=1S/C22H19Cl2NO3/c1-4-14-5-8-16(9-6-14)25-13(2)20(22(27)28-3)17(21(25)26)11-15-7-10-18(23)19(24)12-15/h5-12H,4H2,1-3H3/b17-11-. The van der Waals surface area contributed by atoms with Gasteiger partial charge in [-0.25, -0.2) is 4.79 Å². The van der Waals surface area contributed by atoms with Gasteiger partial charge in [-0.2, -0.15) is 0 Å². The summed E-state index contributed by atoms with van der Waals surface area (Å²) in [6, 6.07) is 12.7. The van der Waals surface area contributed by atoms with Gasteiger partial charge in [0.2, 0.25) is 0 Å². The molecule has 2 aromatic rings. The first-order valence-electron chi connectivity index (χ1n) is 8.77. The smallest absolute Gasteiger partial charge is 0.340 e. The van der Waals surface area contributed by atoms with Crippen molar-refractivity contribution in [1.82, 2.24) is 0 Å². The largest absolute Gasteiger partial charge is 0.465 e. The lowest BCUT2D eigenvalue weighted by Crippen LogP contribution is -2.24. The Hall–Kier alpha value is -2.56. The van der Waals surface area contributed by atoms with Crippen LogP contribution in [-0.2, 0) is 20.7 Å². The third-order valence-electron chi connectivity index (χ3n) is 4.65. The van der Waals surface area contributed by atoms with Crippen molar-refractivity contribution in [2.24, 2.45) is 0 Å². The van der Waals surface area contributed by atoms with Gasteiger partial charge in [-0.05, 0) is 54.8 Å². The van der Waals surface area contributed by atoms with Crippen LogP contribution in [0.25, 0.3) is 6.08 Å². The van der Waals surface area contributed by atoms with E-state index in [2.05, 4.69) is 6.92 Å². The zero-order valence-corrected chi connectivity index (χ0v) is 17.3. The van der Waals surface area contributed by atoms with Crippen molar-refractivity contribution < 1.29 is 14.3 Å². The van der Waals surface area contributed by atoms with E-state index in [1.165, 1.54) is 12.0 Å². The topological polar surface area (TPSA) is 46.6 Å². The number of rotatable bonds is 4. The molecule has 6 heteroatoms. The van der Waals surface area contributed by atoms with E-state index in [1.807, 2.05) is 24.3 Å². The van der Waals surface area contributed by atoms with Gasteiger partial charge in [0, 0.05) is 11.4 Å². The Morgan fingerprint density at radius 2 is 1.79 bits per heavy atom. The lowest BCUT2D eigenvalue weighted by Gasteiger charge is -2.18. The molecule has 0 saturated heterocycles. The molecule has 1 aliphatic rings. The number of esters is 1. The molecule has 28 heavy (non-hydrogen) atoms. The predicted octanol–water partition coefficient (Wildman–Crippen LogP) is 5.43. The second kappa shape index (κ2) is 8.21. The van der Waals surface area contributed by atoms with Crippen molar-refractivity contribution >= 4 is 46.8 Å². The van der Waals surface area contributed by atoms with Gasteiger partial charge in [0.1, 0.15) is 0 Å². The molecule has 0 fully saturated rings. The Morgan fingerprint density at radius 1 is 1.11 bits per heavy atom. The number of ether oxygens (including phenoxy) is 1. The number of allylic oxidation sites excluding steroid dienone is 1. The molecule has 3 rings (SSSR count). The Bertz CT molecular complexity index is 1010. The quantitative estimate of drug-likeness (QED) is 0.493. The van der Waals surface area contributed by atoms with E-state index in [1.54, 1.807) is 31.2 Å². The van der Waals surface area contributed by atoms with Gasteiger partial charge in [-0.1, -0.05) is 48.3 Å². The van der Waals surface area contributed by atoms with Gasteiger partial charge in [-0.15, -0.1) is 0 Å². The number of aryl methyl sites for hydroxylation is 1. The lowest BCUT2D eigenvalue weighted by molar-refractivity contribution is -0.136. The summed E-state index contributed by atoms with van der Waals surface area (Å²) >= 11 is 12.1. The van der Waals surface area contributed by atoms with Gasteiger partial charge in [-0.3, -0.25) is 9.69 Å². The summed E-state index contributed by atoms with van der Waals surface area (Å²) in [5.74, 6) is -0.863. The van der Waals surface area contributed by atoms with E-state index in [0.717, 1.165) is 12.0 Å². The normalized spacial score (nSPS) is 15.5. The molecule has 144 valence electrons. The predicted molar refractivity (Wildman–Crippen MR) is 112 cm³/mol. The number of halogens is 2. The van der Waals surface area contributed by atoms with Crippen molar-refractivity contribution in [2.75, 3.05) is 12.0 Å². The molecule has 1 aliphatic heterocycles. The summed E-state index contributed by atoms with van der Waals surface area (Å²) in [5, 5.41) is 0.785. The molecule has 0 unspecified atom stereocenters. The molecule has 0 aromatic heterocycles. The zero-order chi connectivity index (χ0) is 20.4. The van der Waals surface area contributed by atoms with Crippen LogP contribution in [0.5, 0.6) is 0 Å². The molecule has 4 nitrogen and oxygen atoms in total. The minimum Gasteiger partial charge on any atom is -0.465 e. The third kappa shape index (κ3) is 3.71. The van der Waals surface area contributed by atoms with E-state index in [9.17, 15) is 9.59 Å². The average molecular weight is 416 g/mol. The highest BCUT2D eigenvalue weighted by Crippen LogP contribution is 2.36. The molecule has 1 amide bonds. The number of amides is 1. The van der Waals surface area contributed by atoms with Gasteiger partial charge >= 0.3 is 5.97 Å². The van der Waals surface area contributed by atoms with Crippen LogP contribution in [0.3, 0.4) is 0 Å². The maximum Gasteiger partial charge on any atom is 0.340 e. The van der Waals surface area contributed by atoms with Crippen LogP contribution >= 0.6 is 23.2 Å². The number of methoxy groups -OCH3 is 1. The summed E-state index contributed by atoms with van der Waals surface area (Å²) < 4.78 is 4.92. The zero-order valence-electron chi connectivity index (χ0n) is 15.8. The first kappa shape index (κ1) is 20.2. The number of hydrogen-bond acceptors (Lipinski definition) is 3. The number of hydrogen-bond donors (Lipinski definition) is 0. The molecule has 2 aromatic carbocycles. The van der Waals surface area contributed by atoms with Crippen LogP contribution in [0.2, 0.25) is 10.0 Å². The summed E-state index contributed by atoms with van der Waals surface area (Å²) in [4.78, 5) is 27.2. The molecular formula is C22H19Cl2NO3. The summed E-state index contributed by atoms with van der Waals surface area (Å²) in [5.41, 5.74) is 3.53. The highest BCUT2D eigenvalue weighted by Gasteiger charge is 2.37. The Balaban J connectivity index is 2.11. The fourth-order valence-electron chi connectivity index (χ4n) is 3.14. The van der Waals surface area contributed by atoms with Crippen molar-refractivity contribution in [3.05, 3.63) is 80.5 Å². The molecule has 0 atom stereocenters. The average Bonchev–Trinajstić information content (AvgIpc) is 2.94. The summed E-state index contributed by atoms with van der Waals surface area (Å²) in [6.07, 6.45) is 2.53. The summed E-state index contributed by atoms with van der Waals surface area (Å²) in [6.45, 7) is 3.79. The molecule has 0 saturated carbocycles. The van der Waals surface area contributed by atoms with Crippen LogP contribution in [0.4, 0.5) is 5.69 Å². The Morgan fingerprint density at radius 3 is 2.36 bits per heavy atom. The molecule has 0 spiro atoms. The monoisotopic (exact) mass is 415 g/mol. The second-order valence-electron chi connectivity index (χ2n) is 6.34. The van der Waals surface area contributed by atoms with E-state index in [4.69, 9.17) is 27.9 Å². The Labute approximate surface area is 174 Å². The van der Waals surface area contributed by atoms with Crippen LogP contribution in [0.1, 0.15) is 25.0 Å². The first-order chi connectivity index (χ1) is 13.4. The van der Waals surface area contributed by atoms with Crippen molar-refractivity contribution in [3.63, 3.8) is 0 Å². The highest BCUT2D eigenvalue weighted by molar-refractivity contribution is 6.42. The molecule has 0 bridgehead atoms. The van der Waals surface area contributed by atoms with Crippen molar-refractivity contribution in [3.8, 4) is 0 Å². The van der Waals surface area contributed by atoms with E-state index in [-0.39, 0.29) is 17.1 Å². The van der Waals surface area contributed by atoms with Gasteiger partial charge in [0.25, 0.3) is 5.91 Å². The fraction of sp³-hybridized carbons (Fsp3) is 0.182. The maximum atomic E-state index is 13.2. The molecule has 0 N–H and O–H groups in total. The number of carbonyl (C=O) groups excluding carboxylic acids is 2. The number of nitrogens with zero attached hydrogens (tertiary/aromatic N) is 1. The first-order valence-corrected chi connectivity index (χ1v) is 9.52. The second-order valence-corrected chi connectivity index (χ2v) is 7.16. The van der Waals surface area contributed by atoms with Crippen LogP contribution < -0.4 is 4.90 Å².